The summed E-state index contributed by atoms with van der Waals surface area (Å²) in [5.41, 5.74) is 0.481. The van der Waals surface area contributed by atoms with E-state index in [-0.39, 0.29) is 6.61 Å². The van der Waals surface area contributed by atoms with E-state index in [1.54, 1.807) is 18.4 Å². The number of aldehydes is 2. The summed E-state index contributed by atoms with van der Waals surface area (Å²) in [5, 5.41) is 9.29. The van der Waals surface area contributed by atoms with Crippen LogP contribution < -0.4 is 0 Å². The molecule has 12 heavy (non-hydrogen) atoms. The Hall–Kier alpha value is -1.00. The van der Waals surface area contributed by atoms with Gasteiger partial charge in [-0.25, -0.2) is 0 Å². The fourth-order valence-electron chi connectivity index (χ4n) is 0.524. The van der Waals surface area contributed by atoms with Gasteiger partial charge in [0.25, 0.3) is 0 Å². The number of rotatable bonds is 2. The summed E-state index contributed by atoms with van der Waals surface area (Å²) >= 11 is 1.27. The molecule has 0 radical (unpaired) electrons. The molecule has 0 amide bonds. The van der Waals surface area contributed by atoms with E-state index in [1.807, 2.05) is 0 Å². The molecule has 3 nitrogen and oxygen atoms in total. The first-order chi connectivity index (χ1) is 5.79. The third-order valence-electron chi connectivity index (χ3n) is 0.961. The van der Waals surface area contributed by atoms with Gasteiger partial charge in [0.15, 0.2) is 12.6 Å². The van der Waals surface area contributed by atoms with Crippen LogP contribution in [0.3, 0.4) is 0 Å². The highest BCUT2D eigenvalue weighted by Crippen LogP contribution is 2.10. The molecule has 0 saturated carbocycles. The molecule has 0 aliphatic heterocycles. The van der Waals surface area contributed by atoms with Crippen LogP contribution in [0.25, 0.3) is 0 Å². The molecule has 0 aromatic carbocycles. The second-order valence-electron chi connectivity index (χ2n) is 1.79. The predicted octanol–water partition coefficient (Wildman–Crippen LogP) is 1.37. The number of thiophene rings is 1. The summed E-state index contributed by atoms with van der Waals surface area (Å²) in [6.45, 7) is 1.93. The van der Waals surface area contributed by atoms with Gasteiger partial charge in [0.05, 0.1) is 4.88 Å². The van der Waals surface area contributed by atoms with Gasteiger partial charge in [0, 0.05) is 12.2 Å². The van der Waals surface area contributed by atoms with Crippen LogP contribution in [0.5, 0.6) is 0 Å². The molecule has 1 N–H and O–H groups in total. The quantitative estimate of drug-likeness (QED) is 0.710. The van der Waals surface area contributed by atoms with E-state index in [9.17, 15) is 9.59 Å². The molecule has 0 fully saturated rings. The molecule has 4 heteroatoms. The Morgan fingerprint density at radius 3 is 2.42 bits per heavy atom. The second kappa shape index (κ2) is 6.69. The SMILES string of the molecule is CCO.O=Cc1ccsc1C=O. The van der Waals surface area contributed by atoms with Crippen molar-refractivity contribution < 1.29 is 14.7 Å². The largest absolute Gasteiger partial charge is 0.397 e. The third-order valence-corrected chi connectivity index (χ3v) is 1.82. The van der Waals surface area contributed by atoms with Crippen molar-refractivity contribution in [2.45, 2.75) is 6.92 Å². The summed E-state index contributed by atoms with van der Waals surface area (Å²) < 4.78 is 0. The summed E-state index contributed by atoms with van der Waals surface area (Å²) in [6.07, 6.45) is 1.37. The van der Waals surface area contributed by atoms with Crippen molar-refractivity contribution in [2.75, 3.05) is 6.61 Å². The molecule has 0 aliphatic carbocycles. The van der Waals surface area contributed by atoms with Gasteiger partial charge in [-0.15, -0.1) is 11.3 Å². The minimum absolute atomic E-state index is 0.250. The zero-order chi connectivity index (χ0) is 9.40. The van der Waals surface area contributed by atoms with Crippen LogP contribution in [-0.4, -0.2) is 24.3 Å². The van der Waals surface area contributed by atoms with E-state index in [2.05, 4.69) is 0 Å². The number of aliphatic hydroxyl groups is 1. The van der Waals surface area contributed by atoms with Crippen molar-refractivity contribution in [2.24, 2.45) is 0 Å². The van der Waals surface area contributed by atoms with Gasteiger partial charge in [-0.05, 0) is 18.4 Å². The maximum atomic E-state index is 10.1. The molecule has 1 rings (SSSR count). The maximum absolute atomic E-state index is 10.1. The average Bonchev–Trinajstić information content (AvgIpc) is 2.52. The summed E-state index contributed by atoms with van der Waals surface area (Å²) in [4.78, 5) is 20.7. The van der Waals surface area contributed by atoms with Gasteiger partial charge in [0.1, 0.15) is 0 Å². The molecule has 0 unspecified atom stereocenters. The first kappa shape index (κ1) is 11.0. The smallest absolute Gasteiger partial charge is 0.160 e. The summed E-state index contributed by atoms with van der Waals surface area (Å²) in [6, 6.07) is 1.63. The van der Waals surface area contributed by atoms with Gasteiger partial charge in [0.2, 0.25) is 0 Å². The molecule has 0 spiro atoms. The van der Waals surface area contributed by atoms with Crippen LogP contribution >= 0.6 is 11.3 Å². The Bertz CT molecular complexity index is 220. The summed E-state index contributed by atoms with van der Waals surface area (Å²) in [5.74, 6) is 0. The molecular weight excluding hydrogens is 176 g/mol. The van der Waals surface area contributed by atoms with Crippen LogP contribution in [0.4, 0.5) is 0 Å². The molecule has 0 atom stereocenters. The number of carbonyl (C=O) groups excluding carboxylic acids is 2. The molecule has 0 bridgehead atoms. The number of hydrogen-bond acceptors (Lipinski definition) is 4. The van der Waals surface area contributed by atoms with Crippen molar-refractivity contribution >= 4 is 23.9 Å². The standard InChI is InChI=1S/C6H4O2S.C2H6O/c7-3-5-1-2-9-6(5)4-8;1-2-3/h1-4H;3H,2H2,1H3. The lowest BCUT2D eigenvalue weighted by molar-refractivity contribution is 0.109. The van der Waals surface area contributed by atoms with Crippen molar-refractivity contribution in [1.29, 1.82) is 0 Å². The average molecular weight is 186 g/mol. The van der Waals surface area contributed by atoms with Crippen molar-refractivity contribution in [3.8, 4) is 0 Å². The maximum Gasteiger partial charge on any atom is 0.160 e. The first-order valence-corrected chi connectivity index (χ1v) is 4.26. The zero-order valence-electron chi connectivity index (χ0n) is 6.69. The Balaban J connectivity index is 0.000000354. The third kappa shape index (κ3) is 3.41. The molecule has 66 valence electrons. The van der Waals surface area contributed by atoms with Gasteiger partial charge in [-0.2, -0.15) is 0 Å². The number of aliphatic hydroxyl groups excluding tert-OH is 1. The van der Waals surface area contributed by atoms with Gasteiger partial charge >= 0.3 is 0 Å². The van der Waals surface area contributed by atoms with E-state index < -0.39 is 0 Å². The van der Waals surface area contributed by atoms with Crippen LogP contribution in [0.15, 0.2) is 11.4 Å². The highest BCUT2D eigenvalue weighted by atomic mass is 32.1. The van der Waals surface area contributed by atoms with Crippen molar-refractivity contribution in [3.05, 3.63) is 21.9 Å². The lowest BCUT2D eigenvalue weighted by atomic mass is 10.3. The number of carbonyl (C=O) groups is 2. The molecule has 1 aromatic heterocycles. The Morgan fingerprint density at radius 1 is 1.50 bits per heavy atom. The second-order valence-corrected chi connectivity index (χ2v) is 2.74. The number of hydrogen-bond donors (Lipinski definition) is 1. The molecular formula is C8H10O3S. The minimum Gasteiger partial charge on any atom is -0.397 e. The lowest BCUT2D eigenvalue weighted by Crippen LogP contribution is -1.79. The lowest BCUT2D eigenvalue weighted by Gasteiger charge is -1.78. The van der Waals surface area contributed by atoms with Gasteiger partial charge in [-0.3, -0.25) is 9.59 Å². The van der Waals surface area contributed by atoms with Crippen LogP contribution in [0.2, 0.25) is 0 Å². The van der Waals surface area contributed by atoms with E-state index in [0.717, 1.165) is 0 Å². The predicted molar refractivity (Wildman–Crippen MR) is 47.9 cm³/mol. The summed E-state index contributed by atoms with van der Waals surface area (Å²) in [7, 11) is 0. The Kier molecular flexibility index (Phi) is 6.14. The van der Waals surface area contributed by atoms with Gasteiger partial charge in [-0.1, -0.05) is 0 Å². The fourth-order valence-corrected chi connectivity index (χ4v) is 1.19. The van der Waals surface area contributed by atoms with E-state index in [0.29, 0.717) is 23.0 Å². The normalized spacial score (nSPS) is 8.17. The molecule has 1 aromatic rings. The molecule has 0 aliphatic rings. The topological polar surface area (TPSA) is 54.4 Å². The zero-order valence-corrected chi connectivity index (χ0v) is 7.50. The highest BCUT2D eigenvalue weighted by Gasteiger charge is 1.98. The van der Waals surface area contributed by atoms with E-state index >= 15 is 0 Å². The Morgan fingerprint density at radius 2 is 2.08 bits per heavy atom. The van der Waals surface area contributed by atoms with E-state index in [1.165, 1.54) is 11.3 Å². The van der Waals surface area contributed by atoms with Crippen LogP contribution in [0.1, 0.15) is 27.0 Å². The van der Waals surface area contributed by atoms with Crippen molar-refractivity contribution in [3.63, 3.8) is 0 Å². The first-order valence-electron chi connectivity index (χ1n) is 3.38. The molecule has 1 heterocycles. The monoisotopic (exact) mass is 186 g/mol. The van der Waals surface area contributed by atoms with Crippen LogP contribution in [0, 0.1) is 0 Å². The Labute approximate surface area is 74.7 Å². The van der Waals surface area contributed by atoms with E-state index in [4.69, 9.17) is 5.11 Å². The van der Waals surface area contributed by atoms with Crippen LogP contribution in [-0.2, 0) is 0 Å². The van der Waals surface area contributed by atoms with Crippen molar-refractivity contribution in [1.82, 2.24) is 0 Å². The fraction of sp³-hybridized carbons (Fsp3) is 0.250. The highest BCUT2D eigenvalue weighted by molar-refractivity contribution is 7.12. The molecule has 0 saturated heterocycles. The minimum atomic E-state index is 0.250. The van der Waals surface area contributed by atoms with Gasteiger partial charge < -0.3 is 5.11 Å².